The van der Waals surface area contributed by atoms with Crippen LogP contribution in [0.15, 0.2) is 36.7 Å². The summed E-state index contributed by atoms with van der Waals surface area (Å²) >= 11 is 1.78. The van der Waals surface area contributed by atoms with Crippen LogP contribution in [0.1, 0.15) is 4.88 Å². The molecule has 3 N–H and O–H groups in total. The molecule has 0 fully saturated rings. The maximum atomic E-state index is 5.90. The van der Waals surface area contributed by atoms with Crippen molar-refractivity contribution in [3.8, 4) is 10.4 Å². The molecule has 0 saturated heterocycles. The molecule has 0 unspecified atom stereocenters. The Balaban J connectivity index is 2.06. The van der Waals surface area contributed by atoms with Crippen molar-refractivity contribution in [3.05, 3.63) is 41.5 Å². The van der Waals surface area contributed by atoms with E-state index in [1.54, 1.807) is 11.3 Å². The second-order valence-electron chi connectivity index (χ2n) is 4.29. The monoisotopic (exact) mass is 270 g/mol. The van der Waals surface area contributed by atoms with Gasteiger partial charge in [0.1, 0.15) is 12.1 Å². The summed E-state index contributed by atoms with van der Waals surface area (Å²) in [5, 5.41) is 4.06. The Morgan fingerprint density at radius 2 is 2.11 bits per heavy atom. The van der Waals surface area contributed by atoms with E-state index in [0.717, 1.165) is 23.0 Å². The molecule has 0 radical (unpaired) electrons. The third kappa shape index (κ3) is 2.30. The summed E-state index contributed by atoms with van der Waals surface area (Å²) < 4.78 is 0. The molecule has 0 spiro atoms. The maximum Gasteiger partial charge on any atom is 0.134 e. The molecule has 0 aliphatic carbocycles. The van der Waals surface area contributed by atoms with Gasteiger partial charge in [-0.15, -0.1) is 11.3 Å². The van der Waals surface area contributed by atoms with Gasteiger partial charge in [-0.05, 0) is 36.9 Å². The number of rotatable bonds is 3. The molecule has 2 aromatic heterocycles. The van der Waals surface area contributed by atoms with Crippen LogP contribution in [0.25, 0.3) is 21.3 Å². The molecule has 0 amide bonds. The lowest BCUT2D eigenvalue weighted by molar-refractivity contribution is 0.831. The van der Waals surface area contributed by atoms with Crippen LogP contribution in [-0.2, 0) is 6.54 Å². The standard InChI is InChI=1S/C14H14N4S/c1-16-7-10-3-5-13(19-10)9-2-4-12-11(6-9)14(15)18-8-17-12/h2-6,8,16H,7H2,1H3,(H2,15,17,18). The Labute approximate surface area is 115 Å². The van der Waals surface area contributed by atoms with Crippen molar-refractivity contribution >= 4 is 28.1 Å². The minimum atomic E-state index is 0.527. The molecule has 2 heterocycles. The van der Waals surface area contributed by atoms with E-state index in [1.165, 1.54) is 16.1 Å². The van der Waals surface area contributed by atoms with E-state index in [-0.39, 0.29) is 0 Å². The SMILES string of the molecule is CNCc1ccc(-c2ccc3ncnc(N)c3c2)s1. The minimum Gasteiger partial charge on any atom is -0.383 e. The summed E-state index contributed by atoms with van der Waals surface area (Å²) in [7, 11) is 1.95. The predicted molar refractivity (Wildman–Crippen MR) is 80.0 cm³/mol. The third-order valence-electron chi connectivity index (χ3n) is 2.96. The number of nitrogen functional groups attached to an aromatic ring is 1. The van der Waals surface area contributed by atoms with Crippen molar-refractivity contribution in [2.24, 2.45) is 0 Å². The number of hydrogen-bond acceptors (Lipinski definition) is 5. The van der Waals surface area contributed by atoms with E-state index in [2.05, 4.69) is 39.6 Å². The molecular weight excluding hydrogens is 256 g/mol. The molecule has 0 aliphatic heterocycles. The van der Waals surface area contributed by atoms with Crippen LogP contribution in [0.4, 0.5) is 5.82 Å². The fourth-order valence-electron chi connectivity index (χ4n) is 2.03. The van der Waals surface area contributed by atoms with Gasteiger partial charge in [0, 0.05) is 21.7 Å². The van der Waals surface area contributed by atoms with E-state index in [4.69, 9.17) is 5.73 Å². The molecule has 0 saturated carbocycles. The van der Waals surface area contributed by atoms with Gasteiger partial charge in [-0.1, -0.05) is 6.07 Å². The van der Waals surface area contributed by atoms with E-state index in [9.17, 15) is 0 Å². The zero-order valence-electron chi connectivity index (χ0n) is 10.6. The van der Waals surface area contributed by atoms with Gasteiger partial charge in [0.2, 0.25) is 0 Å². The van der Waals surface area contributed by atoms with Gasteiger partial charge in [-0.2, -0.15) is 0 Å². The van der Waals surface area contributed by atoms with Crippen molar-refractivity contribution in [2.45, 2.75) is 6.54 Å². The topological polar surface area (TPSA) is 63.8 Å². The first kappa shape index (κ1) is 12.1. The molecule has 3 aromatic rings. The second-order valence-corrected chi connectivity index (χ2v) is 5.46. The summed E-state index contributed by atoms with van der Waals surface area (Å²) in [5.41, 5.74) is 7.93. The maximum absolute atomic E-state index is 5.90. The molecule has 0 atom stereocenters. The summed E-state index contributed by atoms with van der Waals surface area (Å²) in [6.45, 7) is 0.892. The molecule has 96 valence electrons. The number of thiophene rings is 1. The van der Waals surface area contributed by atoms with Crippen LogP contribution in [0.3, 0.4) is 0 Å². The molecule has 19 heavy (non-hydrogen) atoms. The molecule has 5 heteroatoms. The fraction of sp³-hybridized carbons (Fsp3) is 0.143. The summed E-state index contributed by atoms with van der Waals surface area (Å²) in [6.07, 6.45) is 1.49. The summed E-state index contributed by atoms with van der Waals surface area (Å²) in [6, 6.07) is 10.4. The summed E-state index contributed by atoms with van der Waals surface area (Å²) in [4.78, 5) is 10.8. The number of aromatic nitrogens is 2. The molecule has 4 nitrogen and oxygen atoms in total. The molecule has 1 aromatic carbocycles. The zero-order chi connectivity index (χ0) is 13.2. The predicted octanol–water partition coefficient (Wildman–Crippen LogP) is 2.66. The Hall–Kier alpha value is -1.98. The first-order valence-electron chi connectivity index (χ1n) is 6.02. The second kappa shape index (κ2) is 4.95. The highest BCUT2D eigenvalue weighted by Crippen LogP contribution is 2.31. The van der Waals surface area contributed by atoms with Gasteiger partial charge >= 0.3 is 0 Å². The number of nitrogens with zero attached hydrogens (tertiary/aromatic N) is 2. The van der Waals surface area contributed by atoms with Crippen LogP contribution in [-0.4, -0.2) is 17.0 Å². The molecule has 0 bridgehead atoms. The van der Waals surface area contributed by atoms with Crippen molar-refractivity contribution in [2.75, 3.05) is 12.8 Å². The van der Waals surface area contributed by atoms with Gasteiger partial charge in [-0.25, -0.2) is 9.97 Å². The number of hydrogen-bond donors (Lipinski definition) is 2. The smallest absolute Gasteiger partial charge is 0.134 e. The van der Waals surface area contributed by atoms with Gasteiger partial charge in [0.05, 0.1) is 5.52 Å². The van der Waals surface area contributed by atoms with E-state index in [1.807, 2.05) is 13.1 Å². The average Bonchev–Trinajstić information content (AvgIpc) is 2.88. The third-order valence-corrected chi connectivity index (χ3v) is 4.10. The van der Waals surface area contributed by atoms with Gasteiger partial charge in [-0.3, -0.25) is 0 Å². The fourth-order valence-corrected chi connectivity index (χ4v) is 3.05. The van der Waals surface area contributed by atoms with Crippen molar-refractivity contribution in [3.63, 3.8) is 0 Å². The van der Waals surface area contributed by atoms with Crippen LogP contribution in [0.5, 0.6) is 0 Å². The Morgan fingerprint density at radius 3 is 2.95 bits per heavy atom. The molecular formula is C14H14N4S. The number of nitrogens with one attached hydrogen (secondary N) is 1. The lowest BCUT2D eigenvalue weighted by Gasteiger charge is -2.03. The number of fused-ring (bicyclic) bond motifs is 1. The lowest BCUT2D eigenvalue weighted by atomic mass is 10.1. The summed E-state index contributed by atoms with van der Waals surface area (Å²) in [5.74, 6) is 0.527. The van der Waals surface area contributed by atoms with Gasteiger partial charge < -0.3 is 11.1 Å². The van der Waals surface area contributed by atoms with Crippen LogP contribution in [0, 0.1) is 0 Å². The van der Waals surface area contributed by atoms with Crippen LogP contribution < -0.4 is 11.1 Å². The van der Waals surface area contributed by atoms with Crippen molar-refractivity contribution in [1.82, 2.24) is 15.3 Å². The van der Waals surface area contributed by atoms with Gasteiger partial charge in [0.15, 0.2) is 0 Å². The Bertz CT molecular complexity index is 720. The minimum absolute atomic E-state index is 0.527. The first-order valence-corrected chi connectivity index (χ1v) is 6.83. The average molecular weight is 270 g/mol. The van der Waals surface area contributed by atoms with Gasteiger partial charge in [0.25, 0.3) is 0 Å². The molecule has 0 aliphatic rings. The molecule has 3 rings (SSSR count). The highest BCUT2D eigenvalue weighted by atomic mass is 32.1. The van der Waals surface area contributed by atoms with E-state index in [0.29, 0.717) is 5.82 Å². The van der Waals surface area contributed by atoms with E-state index < -0.39 is 0 Å². The largest absolute Gasteiger partial charge is 0.383 e. The van der Waals surface area contributed by atoms with Crippen LogP contribution >= 0.6 is 11.3 Å². The highest BCUT2D eigenvalue weighted by Gasteiger charge is 2.06. The number of benzene rings is 1. The lowest BCUT2D eigenvalue weighted by Crippen LogP contribution is -2.02. The number of nitrogens with two attached hydrogens (primary N) is 1. The number of anilines is 1. The quantitative estimate of drug-likeness (QED) is 0.768. The Morgan fingerprint density at radius 1 is 1.21 bits per heavy atom. The van der Waals surface area contributed by atoms with Crippen molar-refractivity contribution in [1.29, 1.82) is 0 Å². The Kier molecular flexibility index (Phi) is 3.15. The van der Waals surface area contributed by atoms with Crippen LogP contribution in [0.2, 0.25) is 0 Å². The zero-order valence-corrected chi connectivity index (χ0v) is 11.4. The van der Waals surface area contributed by atoms with E-state index >= 15 is 0 Å². The van der Waals surface area contributed by atoms with Crippen molar-refractivity contribution < 1.29 is 0 Å². The first-order chi connectivity index (χ1) is 9.28. The normalized spacial score (nSPS) is 11.0. The highest BCUT2D eigenvalue weighted by molar-refractivity contribution is 7.15.